The smallest absolute Gasteiger partial charge is 0.225 e. The molecule has 0 amide bonds. The summed E-state index contributed by atoms with van der Waals surface area (Å²) in [5.74, 6) is 0.853. The van der Waals surface area contributed by atoms with Crippen LogP contribution in [-0.4, -0.2) is 36.3 Å². The zero-order chi connectivity index (χ0) is 11.8. The van der Waals surface area contributed by atoms with Crippen LogP contribution in [0.3, 0.4) is 0 Å². The van der Waals surface area contributed by atoms with E-state index < -0.39 is 0 Å². The van der Waals surface area contributed by atoms with Crippen molar-refractivity contribution in [1.29, 1.82) is 0 Å². The van der Waals surface area contributed by atoms with Gasteiger partial charge in [-0.15, -0.1) is 11.3 Å². The lowest BCUT2D eigenvalue weighted by atomic mass is 10.3. The molecule has 0 aromatic carbocycles. The lowest BCUT2D eigenvalue weighted by Gasteiger charge is -2.28. The van der Waals surface area contributed by atoms with Crippen molar-refractivity contribution < 1.29 is 4.74 Å². The molecular weight excluding hydrogens is 281 g/mol. The number of anilines is 1. The third-order valence-electron chi connectivity index (χ3n) is 2.63. The summed E-state index contributed by atoms with van der Waals surface area (Å²) in [6.45, 7) is 3.05. The lowest BCUT2D eigenvalue weighted by Crippen LogP contribution is -2.36. The molecule has 17 heavy (non-hydrogen) atoms. The van der Waals surface area contributed by atoms with E-state index >= 15 is 0 Å². The zero-order valence-electron chi connectivity index (χ0n) is 8.82. The quantitative estimate of drug-likeness (QED) is 0.757. The standard InChI is InChI=1S/C10H9Cl2N3OS/c11-7-5-6-8(15-1-3-16-4-2-15)13-10(12)14-9(6)17-7/h5H,1-4H2. The monoisotopic (exact) mass is 289 g/mol. The van der Waals surface area contributed by atoms with Crippen LogP contribution in [0.25, 0.3) is 10.2 Å². The van der Waals surface area contributed by atoms with Gasteiger partial charge in [0.1, 0.15) is 10.6 Å². The molecule has 3 rings (SSSR count). The maximum Gasteiger partial charge on any atom is 0.225 e. The third kappa shape index (κ3) is 2.20. The van der Waals surface area contributed by atoms with Crippen LogP contribution in [-0.2, 0) is 4.74 Å². The summed E-state index contributed by atoms with van der Waals surface area (Å²) in [7, 11) is 0. The molecule has 0 saturated carbocycles. The van der Waals surface area contributed by atoms with E-state index in [4.69, 9.17) is 27.9 Å². The van der Waals surface area contributed by atoms with Crippen LogP contribution in [0.2, 0.25) is 9.62 Å². The van der Waals surface area contributed by atoms with E-state index in [1.807, 2.05) is 6.07 Å². The molecule has 1 fully saturated rings. The summed E-state index contributed by atoms with van der Waals surface area (Å²) in [6, 6.07) is 1.89. The van der Waals surface area contributed by atoms with E-state index in [1.165, 1.54) is 11.3 Å². The van der Waals surface area contributed by atoms with Crippen molar-refractivity contribution in [2.75, 3.05) is 31.2 Å². The van der Waals surface area contributed by atoms with Gasteiger partial charge in [-0.3, -0.25) is 0 Å². The minimum Gasteiger partial charge on any atom is -0.378 e. The molecule has 3 heterocycles. The van der Waals surface area contributed by atoms with Gasteiger partial charge in [0.15, 0.2) is 0 Å². The number of thiophene rings is 1. The van der Waals surface area contributed by atoms with Crippen LogP contribution in [0.1, 0.15) is 0 Å². The fourth-order valence-corrected chi connectivity index (χ4v) is 3.16. The zero-order valence-corrected chi connectivity index (χ0v) is 11.1. The summed E-state index contributed by atoms with van der Waals surface area (Å²) in [5.41, 5.74) is 0. The summed E-state index contributed by atoms with van der Waals surface area (Å²) >= 11 is 13.4. The first-order valence-corrected chi connectivity index (χ1v) is 6.76. The molecule has 90 valence electrons. The first-order valence-electron chi connectivity index (χ1n) is 5.19. The molecular formula is C10H9Cl2N3OS. The third-order valence-corrected chi connectivity index (χ3v) is 3.95. The molecule has 2 aromatic heterocycles. The van der Waals surface area contributed by atoms with E-state index in [2.05, 4.69) is 14.9 Å². The molecule has 0 spiro atoms. The predicted octanol–water partition coefficient (Wildman–Crippen LogP) is 2.83. The van der Waals surface area contributed by atoms with Gasteiger partial charge in [-0.1, -0.05) is 11.6 Å². The molecule has 0 N–H and O–H groups in total. The van der Waals surface area contributed by atoms with Crippen molar-refractivity contribution in [2.24, 2.45) is 0 Å². The van der Waals surface area contributed by atoms with Gasteiger partial charge in [0.25, 0.3) is 0 Å². The Hall–Kier alpha value is -0.620. The van der Waals surface area contributed by atoms with Gasteiger partial charge >= 0.3 is 0 Å². The SMILES string of the molecule is Clc1nc(N2CCOCC2)c2cc(Cl)sc2n1. The van der Waals surface area contributed by atoms with Gasteiger partial charge in [-0.05, 0) is 17.7 Å². The molecule has 0 radical (unpaired) electrons. The molecule has 7 heteroatoms. The molecule has 1 aliphatic rings. The first kappa shape index (κ1) is 11.5. The summed E-state index contributed by atoms with van der Waals surface area (Å²) in [6.07, 6.45) is 0. The van der Waals surface area contributed by atoms with E-state index in [9.17, 15) is 0 Å². The van der Waals surface area contributed by atoms with E-state index in [0.29, 0.717) is 17.6 Å². The number of hydrogen-bond acceptors (Lipinski definition) is 5. The van der Waals surface area contributed by atoms with Crippen molar-refractivity contribution in [3.05, 3.63) is 15.7 Å². The van der Waals surface area contributed by atoms with Gasteiger partial charge in [-0.25, -0.2) is 4.98 Å². The second-order valence-corrected chi connectivity index (χ2v) is 5.69. The molecule has 0 aliphatic carbocycles. The van der Waals surface area contributed by atoms with E-state index in [1.54, 1.807) is 0 Å². The Morgan fingerprint density at radius 3 is 2.76 bits per heavy atom. The fraction of sp³-hybridized carbons (Fsp3) is 0.400. The minimum atomic E-state index is 0.262. The van der Waals surface area contributed by atoms with E-state index in [0.717, 1.165) is 29.1 Å². The fourth-order valence-electron chi connectivity index (χ4n) is 1.87. The highest BCUT2D eigenvalue weighted by atomic mass is 35.5. The molecule has 0 unspecified atom stereocenters. The Bertz CT molecular complexity index is 554. The number of morpholine rings is 1. The highest BCUT2D eigenvalue weighted by Gasteiger charge is 2.18. The Balaban J connectivity index is 2.12. The molecule has 0 atom stereocenters. The first-order chi connectivity index (χ1) is 8.24. The normalized spacial score (nSPS) is 16.7. The highest BCUT2D eigenvalue weighted by molar-refractivity contribution is 7.22. The van der Waals surface area contributed by atoms with Gasteiger partial charge in [0, 0.05) is 13.1 Å². The Kier molecular flexibility index (Phi) is 3.08. The maximum absolute atomic E-state index is 6.01. The van der Waals surface area contributed by atoms with Gasteiger partial charge in [0.05, 0.1) is 22.9 Å². The number of hydrogen-bond donors (Lipinski definition) is 0. The Morgan fingerprint density at radius 1 is 1.24 bits per heavy atom. The summed E-state index contributed by atoms with van der Waals surface area (Å²) in [4.78, 5) is 11.5. The van der Waals surface area contributed by atoms with Crippen molar-refractivity contribution >= 4 is 50.6 Å². The molecule has 2 aromatic rings. The van der Waals surface area contributed by atoms with Gasteiger partial charge in [0.2, 0.25) is 5.28 Å². The number of rotatable bonds is 1. The Labute approximate surface area is 112 Å². The van der Waals surface area contributed by atoms with Crippen molar-refractivity contribution in [2.45, 2.75) is 0 Å². The average Bonchev–Trinajstić information content (AvgIpc) is 2.69. The van der Waals surface area contributed by atoms with Crippen molar-refractivity contribution in [1.82, 2.24) is 9.97 Å². The summed E-state index contributed by atoms with van der Waals surface area (Å²) < 4.78 is 6.03. The molecule has 1 saturated heterocycles. The second kappa shape index (κ2) is 4.57. The van der Waals surface area contributed by atoms with Crippen LogP contribution in [0, 0.1) is 0 Å². The molecule has 4 nitrogen and oxygen atoms in total. The topological polar surface area (TPSA) is 38.2 Å². The predicted molar refractivity (Wildman–Crippen MR) is 70.5 cm³/mol. The van der Waals surface area contributed by atoms with Crippen molar-refractivity contribution in [3.8, 4) is 0 Å². The minimum absolute atomic E-state index is 0.262. The van der Waals surface area contributed by atoms with Crippen LogP contribution in [0.5, 0.6) is 0 Å². The Morgan fingerprint density at radius 2 is 2.00 bits per heavy atom. The van der Waals surface area contributed by atoms with E-state index in [-0.39, 0.29) is 5.28 Å². The lowest BCUT2D eigenvalue weighted by molar-refractivity contribution is 0.122. The summed E-state index contributed by atoms with van der Waals surface area (Å²) in [5, 5.41) is 1.23. The van der Waals surface area contributed by atoms with Crippen molar-refractivity contribution in [3.63, 3.8) is 0 Å². The van der Waals surface area contributed by atoms with Crippen LogP contribution < -0.4 is 4.90 Å². The number of aromatic nitrogens is 2. The highest BCUT2D eigenvalue weighted by Crippen LogP contribution is 2.34. The van der Waals surface area contributed by atoms with Gasteiger partial charge < -0.3 is 9.64 Å². The average molecular weight is 290 g/mol. The van der Waals surface area contributed by atoms with Gasteiger partial charge in [-0.2, -0.15) is 4.98 Å². The molecule has 0 bridgehead atoms. The second-order valence-electron chi connectivity index (χ2n) is 3.69. The number of halogens is 2. The number of nitrogens with zero attached hydrogens (tertiary/aromatic N) is 3. The maximum atomic E-state index is 6.01. The number of fused-ring (bicyclic) bond motifs is 1. The van der Waals surface area contributed by atoms with Crippen LogP contribution in [0.15, 0.2) is 6.07 Å². The largest absolute Gasteiger partial charge is 0.378 e. The van der Waals surface area contributed by atoms with Crippen LogP contribution >= 0.6 is 34.5 Å². The number of ether oxygens (including phenoxy) is 1. The molecule has 1 aliphatic heterocycles. The van der Waals surface area contributed by atoms with Crippen LogP contribution in [0.4, 0.5) is 5.82 Å².